The predicted molar refractivity (Wildman–Crippen MR) is 74.5 cm³/mol. The lowest BCUT2D eigenvalue weighted by atomic mass is 9.94. The molecule has 2 heterocycles. The average Bonchev–Trinajstić information content (AvgIpc) is 2.94. The van der Waals surface area contributed by atoms with Gasteiger partial charge in [-0.05, 0) is 17.5 Å². The highest BCUT2D eigenvalue weighted by molar-refractivity contribution is 5.74. The van der Waals surface area contributed by atoms with Crippen molar-refractivity contribution in [1.29, 1.82) is 0 Å². The first-order valence-corrected chi connectivity index (χ1v) is 7.02. The van der Waals surface area contributed by atoms with Crippen LogP contribution in [0.25, 0.3) is 0 Å². The molecule has 1 unspecified atom stereocenters. The van der Waals surface area contributed by atoms with Crippen LogP contribution in [0.5, 0.6) is 0 Å². The van der Waals surface area contributed by atoms with Gasteiger partial charge in [-0.1, -0.05) is 36.3 Å². The fourth-order valence-corrected chi connectivity index (χ4v) is 2.66. The molecule has 1 aliphatic rings. The topological polar surface area (TPSA) is 79.5 Å². The molecule has 6 heteroatoms. The van der Waals surface area contributed by atoms with Gasteiger partial charge < -0.3 is 9.63 Å². The van der Waals surface area contributed by atoms with E-state index >= 15 is 0 Å². The van der Waals surface area contributed by atoms with E-state index in [1.165, 1.54) is 0 Å². The van der Waals surface area contributed by atoms with Gasteiger partial charge >= 0.3 is 5.97 Å². The third-order valence-corrected chi connectivity index (χ3v) is 3.80. The van der Waals surface area contributed by atoms with E-state index in [1.807, 2.05) is 36.1 Å². The van der Waals surface area contributed by atoms with E-state index in [1.54, 1.807) is 0 Å². The van der Waals surface area contributed by atoms with E-state index in [4.69, 9.17) is 4.52 Å². The number of aromatic nitrogens is 2. The molecule has 0 saturated heterocycles. The van der Waals surface area contributed by atoms with Crippen LogP contribution in [0, 0.1) is 0 Å². The highest BCUT2D eigenvalue weighted by atomic mass is 16.5. The molecule has 2 aromatic rings. The Balaban J connectivity index is 1.83. The second-order valence-electron chi connectivity index (χ2n) is 5.19. The summed E-state index contributed by atoms with van der Waals surface area (Å²) >= 11 is 0. The molecule has 0 aliphatic carbocycles. The Morgan fingerprint density at radius 2 is 2.19 bits per heavy atom. The van der Waals surface area contributed by atoms with Crippen molar-refractivity contribution in [2.45, 2.75) is 38.9 Å². The number of rotatable bonds is 4. The van der Waals surface area contributed by atoms with Gasteiger partial charge in [-0.15, -0.1) is 0 Å². The fraction of sp³-hybridized carbons (Fsp3) is 0.400. The summed E-state index contributed by atoms with van der Waals surface area (Å²) in [6.07, 6.45) is 1.20. The van der Waals surface area contributed by atoms with E-state index in [9.17, 15) is 9.90 Å². The summed E-state index contributed by atoms with van der Waals surface area (Å²) in [6.45, 7) is 2.89. The Labute approximate surface area is 122 Å². The molecule has 0 radical (unpaired) electrons. The molecular formula is C15H17N3O3. The summed E-state index contributed by atoms with van der Waals surface area (Å²) in [7, 11) is 0. The van der Waals surface area contributed by atoms with Crippen molar-refractivity contribution >= 4 is 5.97 Å². The lowest BCUT2D eigenvalue weighted by molar-refractivity contribution is -0.144. The van der Waals surface area contributed by atoms with Gasteiger partial charge in [0.25, 0.3) is 0 Å². The second kappa shape index (κ2) is 5.65. The molecule has 110 valence electrons. The van der Waals surface area contributed by atoms with Gasteiger partial charge in [-0.25, -0.2) is 0 Å². The molecule has 0 saturated carbocycles. The Hall–Kier alpha value is -2.21. The maximum absolute atomic E-state index is 11.5. The molecule has 1 aliphatic heterocycles. The van der Waals surface area contributed by atoms with Crippen LogP contribution in [-0.4, -0.2) is 32.2 Å². The number of benzene rings is 1. The molecule has 3 rings (SSSR count). The average molecular weight is 287 g/mol. The molecular weight excluding hydrogens is 270 g/mol. The molecule has 21 heavy (non-hydrogen) atoms. The van der Waals surface area contributed by atoms with Gasteiger partial charge in [0.15, 0.2) is 5.82 Å². The molecule has 6 nitrogen and oxygen atoms in total. The Morgan fingerprint density at radius 1 is 1.43 bits per heavy atom. The zero-order valence-corrected chi connectivity index (χ0v) is 11.8. The van der Waals surface area contributed by atoms with Crippen molar-refractivity contribution in [2.24, 2.45) is 0 Å². The minimum Gasteiger partial charge on any atom is -0.480 e. The number of hydrogen-bond donors (Lipinski definition) is 1. The largest absolute Gasteiger partial charge is 0.480 e. The normalized spacial score (nSPS) is 18.4. The first-order chi connectivity index (χ1) is 10.2. The number of carbonyl (C=O) groups is 1. The zero-order valence-electron chi connectivity index (χ0n) is 11.8. The van der Waals surface area contributed by atoms with Gasteiger partial charge in [0, 0.05) is 13.0 Å². The monoisotopic (exact) mass is 287 g/mol. The Bertz CT molecular complexity index is 653. The van der Waals surface area contributed by atoms with Gasteiger partial charge in [0.2, 0.25) is 5.89 Å². The predicted octanol–water partition coefficient (Wildman–Crippen LogP) is 1.64. The highest BCUT2D eigenvalue weighted by Crippen LogP contribution is 2.24. The number of aryl methyl sites for hydroxylation is 1. The molecule has 0 amide bonds. The van der Waals surface area contributed by atoms with E-state index in [-0.39, 0.29) is 0 Å². The van der Waals surface area contributed by atoms with Gasteiger partial charge in [0.1, 0.15) is 6.04 Å². The van der Waals surface area contributed by atoms with Gasteiger partial charge in [-0.3, -0.25) is 9.69 Å². The van der Waals surface area contributed by atoms with Crippen molar-refractivity contribution in [3.8, 4) is 0 Å². The van der Waals surface area contributed by atoms with Crippen LogP contribution in [0.15, 0.2) is 28.8 Å². The molecule has 0 bridgehead atoms. The smallest absolute Gasteiger partial charge is 0.321 e. The molecule has 1 aromatic heterocycles. The van der Waals surface area contributed by atoms with Crippen LogP contribution in [0.2, 0.25) is 0 Å². The Morgan fingerprint density at radius 3 is 2.86 bits per heavy atom. The van der Waals surface area contributed by atoms with E-state index in [0.29, 0.717) is 37.6 Å². The lowest BCUT2D eigenvalue weighted by Crippen LogP contribution is -2.45. The van der Waals surface area contributed by atoms with Crippen LogP contribution in [0.3, 0.4) is 0 Å². The maximum Gasteiger partial charge on any atom is 0.321 e. The van der Waals surface area contributed by atoms with Gasteiger partial charge in [-0.2, -0.15) is 4.98 Å². The molecule has 0 fully saturated rings. The summed E-state index contributed by atoms with van der Waals surface area (Å²) < 4.78 is 5.18. The first kappa shape index (κ1) is 13.8. The molecule has 0 spiro atoms. The van der Waals surface area contributed by atoms with Crippen molar-refractivity contribution < 1.29 is 14.4 Å². The quantitative estimate of drug-likeness (QED) is 0.921. The zero-order chi connectivity index (χ0) is 14.8. The second-order valence-corrected chi connectivity index (χ2v) is 5.19. The molecule has 1 aromatic carbocycles. The van der Waals surface area contributed by atoms with Crippen molar-refractivity contribution in [1.82, 2.24) is 15.0 Å². The molecule has 1 atom stereocenters. The third-order valence-electron chi connectivity index (χ3n) is 3.80. The maximum atomic E-state index is 11.5. The van der Waals surface area contributed by atoms with E-state index in [2.05, 4.69) is 10.1 Å². The summed E-state index contributed by atoms with van der Waals surface area (Å²) in [5.74, 6) is 0.298. The van der Waals surface area contributed by atoms with Crippen LogP contribution in [-0.2, 0) is 30.7 Å². The number of fused-ring (bicyclic) bond motifs is 1. The minimum atomic E-state index is -0.820. The summed E-state index contributed by atoms with van der Waals surface area (Å²) in [5.41, 5.74) is 2.26. The van der Waals surface area contributed by atoms with Crippen LogP contribution < -0.4 is 0 Å². The number of carboxylic acid groups (broad SMARTS) is 1. The number of hydrogen-bond acceptors (Lipinski definition) is 5. The number of aliphatic carboxylic acids is 1. The SMILES string of the molecule is CCc1noc(CN2Cc3ccccc3CC2C(=O)O)n1. The minimum absolute atomic E-state index is 0.359. The van der Waals surface area contributed by atoms with Crippen molar-refractivity contribution in [3.63, 3.8) is 0 Å². The summed E-state index contributed by atoms with van der Waals surface area (Å²) in [5, 5.41) is 13.3. The standard InChI is InChI=1S/C15H17N3O3/c1-2-13-16-14(21-17-13)9-18-8-11-6-4-3-5-10(11)7-12(18)15(19)20/h3-6,12H,2,7-9H2,1H3,(H,19,20). The lowest BCUT2D eigenvalue weighted by Gasteiger charge is -2.33. The fourth-order valence-electron chi connectivity index (χ4n) is 2.66. The van der Waals surface area contributed by atoms with Crippen LogP contribution in [0.1, 0.15) is 29.8 Å². The van der Waals surface area contributed by atoms with Crippen LogP contribution >= 0.6 is 0 Å². The summed E-state index contributed by atoms with van der Waals surface area (Å²) in [6, 6.07) is 7.38. The first-order valence-electron chi connectivity index (χ1n) is 7.02. The van der Waals surface area contributed by atoms with E-state index in [0.717, 1.165) is 11.1 Å². The van der Waals surface area contributed by atoms with Crippen molar-refractivity contribution in [2.75, 3.05) is 0 Å². The summed E-state index contributed by atoms with van der Waals surface area (Å²) in [4.78, 5) is 17.7. The third kappa shape index (κ3) is 2.80. The van der Waals surface area contributed by atoms with Crippen LogP contribution in [0.4, 0.5) is 0 Å². The Kier molecular flexibility index (Phi) is 3.70. The number of nitrogens with zero attached hydrogens (tertiary/aromatic N) is 3. The van der Waals surface area contributed by atoms with Crippen molar-refractivity contribution in [3.05, 3.63) is 47.1 Å². The number of carboxylic acids is 1. The van der Waals surface area contributed by atoms with E-state index < -0.39 is 12.0 Å². The molecule has 1 N–H and O–H groups in total. The highest BCUT2D eigenvalue weighted by Gasteiger charge is 2.32. The van der Waals surface area contributed by atoms with Gasteiger partial charge in [0.05, 0.1) is 6.54 Å².